The SMILES string of the molecule is CCCN1c2cc(Cl)c(C=Nc3ccc(C(=O)O)cc3C)cc2C(C)CC1(C)C. The Balaban J connectivity index is 1.98. The van der Waals surface area contributed by atoms with Crippen molar-refractivity contribution in [3.05, 3.63) is 57.6 Å². The van der Waals surface area contributed by atoms with Crippen molar-refractivity contribution in [2.45, 2.75) is 58.9 Å². The van der Waals surface area contributed by atoms with E-state index in [4.69, 9.17) is 16.7 Å². The van der Waals surface area contributed by atoms with Gasteiger partial charge in [0.25, 0.3) is 0 Å². The predicted octanol–water partition coefficient (Wildman–Crippen LogP) is 6.60. The number of nitrogens with zero attached hydrogens (tertiary/aromatic N) is 2. The molecule has 3 rings (SSSR count). The average Bonchev–Trinajstić information content (AvgIpc) is 2.64. The van der Waals surface area contributed by atoms with Crippen molar-refractivity contribution < 1.29 is 9.90 Å². The molecule has 1 N–H and O–H groups in total. The van der Waals surface area contributed by atoms with Crippen molar-refractivity contribution in [2.24, 2.45) is 4.99 Å². The molecular weight excluding hydrogens is 384 g/mol. The summed E-state index contributed by atoms with van der Waals surface area (Å²) < 4.78 is 0. The summed E-state index contributed by atoms with van der Waals surface area (Å²) in [5.74, 6) is -0.496. The first-order valence-electron chi connectivity index (χ1n) is 10.1. The van der Waals surface area contributed by atoms with Gasteiger partial charge in [0.05, 0.1) is 16.3 Å². The van der Waals surface area contributed by atoms with E-state index in [1.807, 2.05) is 6.92 Å². The van der Waals surface area contributed by atoms with E-state index >= 15 is 0 Å². The smallest absolute Gasteiger partial charge is 0.335 e. The summed E-state index contributed by atoms with van der Waals surface area (Å²) in [5, 5.41) is 9.80. The molecule has 1 aliphatic rings. The van der Waals surface area contributed by atoms with Gasteiger partial charge in [-0.05, 0) is 81.0 Å². The monoisotopic (exact) mass is 412 g/mol. The van der Waals surface area contributed by atoms with Crippen LogP contribution < -0.4 is 4.90 Å². The van der Waals surface area contributed by atoms with Gasteiger partial charge in [-0.3, -0.25) is 4.99 Å². The molecule has 0 aromatic heterocycles. The Morgan fingerprint density at radius 2 is 2.07 bits per heavy atom. The molecule has 0 spiro atoms. The quantitative estimate of drug-likeness (QED) is 0.563. The van der Waals surface area contributed by atoms with E-state index < -0.39 is 5.97 Å². The fourth-order valence-electron chi connectivity index (χ4n) is 4.34. The third kappa shape index (κ3) is 4.32. The van der Waals surface area contributed by atoms with Crippen LogP contribution in [0.4, 0.5) is 11.4 Å². The first kappa shape index (κ1) is 21.4. The first-order valence-corrected chi connectivity index (χ1v) is 10.5. The zero-order valence-corrected chi connectivity index (χ0v) is 18.5. The van der Waals surface area contributed by atoms with Gasteiger partial charge in [-0.2, -0.15) is 0 Å². The van der Waals surface area contributed by atoms with E-state index in [9.17, 15) is 4.79 Å². The second-order valence-corrected chi connectivity index (χ2v) is 8.97. The van der Waals surface area contributed by atoms with Crippen molar-refractivity contribution >= 4 is 35.2 Å². The number of fused-ring (bicyclic) bond motifs is 1. The summed E-state index contributed by atoms with van der Waals surface area (Å²) in [5.41, 5.74) is 5.34. The maximum Gasteiger partial charge on any atom is 0.335 e. The van der Waals surface area contributed by atoms with E-state index in [0.29, 0.717) is 10.9 Å². The van der Waals surface area contributed by atoms with Crippen molar-refractivity contribution in [3.8, 4) is 0 Å². The number of carboxylic acids is 1. The van der Waals surface area contributed by atoms with Crippen LogP contribution in [0.1, 0.15) is 73.5 Å². The third-order valence-corrected chi connectivity index (χ3v) is 6.07. The Hall–Kier alpha value is -2.33. The highest BCUT2D eigenvalue weighted by Crippen LogP contribution is 2.45. The standard InChI is InChI=1S/C24H29ClN2O2/c1-6-9-27-22-12-20(25)18(11-19(22)16(3)13-24(27,4)5)14-26-21-8-7-17(23(28)29)10-15(21)2/h7-8,10-12,14,16H,6,9,13H2,1-5H3,(H,28,29). The molecule has 1 heterocycles. The lowest BCUT2D eigenvalue weighted by Crippen LogP contribution is -2.48. The predicted molar refractivity (Wildman–Crippen MR) is 122 cm³/mol. The molecular formula is C24H29ClN2O2. The summed E-state index contributed by atoms with van der Waals surface area (Å²) in [6.07, 6.45) is 3.96. The molecule has 0 amide bonds. The fraction of sp³-hybridized carbons (Fsp3) is 0.417. The molecule has 4 nitrogen and oxygen atoms in total. The topological polar surface area (TPSA) is 52.9 Å². The molecule has 1 atom stereocenters. The molecule has 2 aromatic rings. The van der Waals surface area contributed by atoms with Gasteiger partial charge in [0.15, 0.2) is 0 Å². The Morgan fingerprint density at radius 3 is 2.69 bits per heavy atom. The van der Waals surface area contributed by atoms with E-state index in [1.54, 1.807) is 24.4 Å². The first-order chi connectivity index (χ1) is 13.6. The molecule has 0 radical (unpaired) electrons. The number of halogens is 1. The number of hydrogen-bond acceptors (Lipinski definition) is 3. The Morgan fingerprint density at radius 1 is 1.34 bits per heavy atom. The van der Waals surface area contributed by atoms with Gasteiger partial charge in [-0.1, -0.05) is 25.4 Å². The van der Waals surface area contributed by atoms with Gasteiger partial charge >= 0.3 is 5.97 Å². The normalized spacial score (nSPS) is 18.1. The highest BCUT2D eigenvalue weighted by atomic mass is 35.5. The number of carboxylic acid groups (broad SMARTS) is 1. The number of rotatable bonds is 5. The summed E-state index contributed by atoms with van der Waals surface area (Å²) in [4.78, 5) is 18.2. The molecule has 0 saturated heterocycles. The van der Waals surface area contributed by atoms with Crippen molar-refractivity contribution in [1.82, 2.24) is 0 Å². The molecule has 0 aliphatic carbocycles. The summed E-state index contributed by atoms with van der Waals surface area (Å²) in [6, 6.07) is 9.17. The van der Waals surface area contributed by atoms with E-state index in [-0.39, 0.29) is 11.1 Å². The van der Waals surface area contributed by atoms with Crippen LogP contribution in [0.5, 0.6) is 0 Å². The number of anilines is 1. The third-order valence-electron chi connectivity index (χ3n) is 5.74. The Kier molecular flexibility index (Phi) is 6.04. The molecule has 154 valence electrons. The molecule has 2 aromatic carbocycles. The molecule has 5 heteroatoms. The van der Waals surface area contributed by atoms with Crippen LogP contribution in [0.3, 0.4) is 0 Å². The molecule has 0 bridgehead atoms. The second kappa shape index (κ2) is 8.19. The minimum atomic E-state index is -0.935. The van der Waals surface area contributed by atoms with Gasteiger partial charge in [-0.25, -0.2) is 4.79 Å². The number of hydrogen-bond donors (Lipinski definition) is 1. The zero-order chi connectivity index (χ0) is 21.3. The van der Waals surface area contributed by atoms with Crippen molar-refractivity contribution in [2.75, 3.05) is 11.4 Å². The van der Waals surface area contributed by atoms with E-state index in [2.05, 4.69) is 49.7 Å². The van der Waals surface area contributed by atoms with Crippen LogP contribution in [0, 0.1) is 6.92 Å². The fourth-order valence-corrected chi connectivity index (χ4v) is 4.55. The van der Waals surface area contributed by atoms with Crippen LogP contribution in [0.2, 0.25) is 5.02 Å². The van der Waals surface area contributed by atoms with Crippen molar-refractivity contribution in [3.63, 3.8) is 0 Å². The van der Waals surface area contributed by atoms with Gasteiger partial charge < -0.3 is 10.0 Å². The van der Waals surface area contributed by atoms with Gasteiger partial charge in [0.1, 0.15) is 0 Å². The van der Waals surface area contributed by atoms with Crippen LogP contribution in [0.25, 0.3) is 0 Å². The minimum Gasteiger partial charge on any atom is -0.478 e. The number of aromatic carboxylic acids is 1. The van der Waals surface area contributed by atoms with Gasteiger partial charge in [0, 0.05) is 29.5 Å². The maximum atomic E-state index is 11.1. The lowest BCUT2D eigenvalue weighted by atomic mass is 9.79. The molecule has 1 unspecified atom stereocenters. The summed E-state index contributed by atoms with van der Waals surface area (Å²) >= 11 is 6.64. The number of carbonyl (C=O) groups is 1. The summed E-state index contributed by atoms with van der Waals surface area (Å²) in [6.45, 7) is 11.9. The highest BCUT2D eigenvalue weighted by Gasteiger charge is 2.36. The van der Waals surface area contributed by atoms with Crippen molar-refractivity contribution in [1.29, 1.82) is 0 Å². The Labute approximate surface area is 178 Å². The lowest BCUT2D eigenvalue weighted by molar-refractivity contribution is 0.0697. The van der Waals surface area contributed by atoms with Crippen LogP contribution in [0.15, 0.2) is 35.3 Å². The molecule has 1 aliphatic heterocycles. The molecule has 0 saturated carbocycles. The molecule has 29 heavy (non-hydrogen) atoms. The van der Waals surface area contributed by atoms with Crippen LogP contribution in [-0.2, 0) is 0 Å². The van der Waals surface area contributed by atoms with Crippen LogP contribution in [-0.4, -0.2) is 29.4 Å². The lowest BCUT2D eigenvalue weighted by Gasteiger charge is -2.47. The second-order valence-electron chi connectivity index (χ2n) is 8.57. The maximum absolute atomic E-state index is 11.1. The largest absolute Gasteiger partial charge is 0.478 e. The zero-order valence-electron chi connectivity index (χ0n) is 17.8. The average molecular weight is 413 g/mol. The Bertz CT molecular complexity index is 966. The molecule has 0 fully saturated rings. The number of aryl methyl sites for hydroxylation is 1. The number of benzene rings is 2. The summed E-state index contributed by atoms with van der Waals surface area (Å²) in [7, 11) is 0. The van der Waals surface area contributed by atoms with Gasteiger partial charge in [0.2, 0.25) is 0 Å². The van der Waals surface area contributed by atoms with E-state index in [1.165, 1.54) is 11.3 Å². The van der Waals surface area contributed by atoms with Gasteiger partial charge in [-0.15, -0.1) is 0 Å². The number of aliphatic imine (C=N–C) groups is 1. The minimum absolute atomic E-state index is 0.102. The van der Waals surface area contributed by atoms with Crippen LogP contribution >= 0.6 is 11.6 Å². The highest BCUT2D eigenvalue weighted by molar-refractivity contribution is 6.33. The van der Waals surface area contributed by atoms with E-state index in [0.717, 1.165) is 36.2 Å².